The van der Waals surface area contributed by atoms with Crippen LogP contribution >= 0.6 is 11.6 Å². The minimum absolute atomic E-state index is 0.0481. The second-order valence-corrected chi connectivity index (χ2v) is 6.40. The van der Waals surface area contributed by atoms with Crippen molar-refractivity contribution in [1.29, 1.82) is 0 Å². The maximum absolute atomic E-state index is 12.6. The van der Waals surface area contributed by atoms with Crippen LogP contribution in [0.2, 0.25) is 5.02 Å². The lowest BCUT2D eigenvalue weighted by atomic mass is 10.1. The maximum Gasteiger partial charge on any atom is 0.334 e. The van der Waals surface area contributed by atoms with E-state index in [0.717, 1.165) is 37.3 Å². The van der Waals surface area contributed by atoms with Crippen LogP contribution in [0.1, 0.15) is 37.3 Å². The van der Waals surface area contributed by atoms with E-state index in [1.165, 1.54) is 9.13 Å². The number of halogens is 1. The summed E-state index contributed by atoms with van der Waals surface area (Å²) in [4.78, 5) is 24.7. The SMILES string of the molecule is O=c1cc(O)n(CCc2cccc(Cl)c2)c(=O)n1C1CCCC1. The largest absolute Gasteiger partial charge is 0.494 e. The standard InChI is InChI=1S/C17H19ClN2O3/c18-13-5-3-4-12(10-13)8-9-19-15(21)11-16(22)20(17(19)23)14-6-1-2-7-14/h3-5,10-11,14,21H,1-2,6-9H2. The number of rotatable bonds is 4. The summed E-state index contributed by atoms with van der Waals surface area (Å²) in [6.07, 6.45) is 4.29. The summed E-state index contributed by atoms with van der Waals surface area (Å²) in [6, 6.07) is 8.47. The van der Waals surface area contributed by atoms with Crippen molar-refractivity contribution in [3.05, 3.63) is 61.8 Å². The zero-order chi connectivity index (χ0) is 16.4. The van der Waals surface area contributed by atoms with Crippen LogP contribution in [0.4, 0.5) is 0 Å². The minimum atomic E-state index is -0.427. The van der Waals surface area contributed by atoms with Crippen molar-refractivity contribution < 1.29 is 5.11 Å². The third-order valence-electron chi connectivity index (χ3n) is 4.41. The summed E-state index contributed by atoms with van der Waals surface area (Å²) in [7, 11) is 0. The van der Waals surface area contributed by atoms with Gasteiger partial charge in [-0.1, -0.05) is 36.6 Å². The fourth-order valence-electron chi connectivity index (χ4n) is 3.22. The fourth-order valence-corrected chi connectivity index (χ4v) is 3.44. The zero-order valence-electron chi connectivity index (χ0n) is 12.7. The molecule has 0 spiro atoms. The molecule has 6 heteroatoms. The molecule has 122 valence electrons. The van der Waals surface area contributed by atoms with Gasteiger partial charge in [-0.25, -0.2) is 4.79 Å². The smallest absolute Gasteiger partial charge is 0.334 e. The Balaban J connectivity index is 1.91. The van der Waals surface area contributed by atoms with E-state index >= 15 is 0 Å². The molecule has 3 rings (SSSR count). The van der Waals surface area contributed by atoms with E-state index in [0.29, 0.717) is 18.0 Å². The lowest BCUT2D eigenvalue weighted by molar-refractivity contribution is 0.373. The molecule has 0 unspecified atom stereocenters. The molecule has 1 aliphatic rings. The van der Waals surface area contributed by atoms with E-state index in [-0.39, 0.29) is 11.9 Å². The highest BCUT2D eigenvalue weighted by Crippen LogP contribution is 2.27. The second-order valence-electron chi connectivity index (χ2n) is 5.96. The van der Waals surface area contributed by atoms with Gasteiger partial charge in [-0.3, -0.25) is 13.9 Å². The summed E-state index contributed by atoms with van der Waals surface area (Å²) in [6.45, 7) is 0.304. The Kier molecular flexibility index (Phi) is 4.57. The Bertz CT molecular complexity index is 819. The van der Waals surface area contributed by atoms with Gasteiger partial charge in [0.25, 0.3) is 5.56 Å². The van der Waals surface area contributed by atoms with E-state index < -0.39 is 11.2 Å². The average Bonchev–Trinajstić information content (AvgIpc) is 3.00. The Morgan fingerprint density at radius 3 is 2.61 bits per heavy atom. The molecule has 1 saturated carbocycles. The predicted octanol–water partition coefficient (Wildman–Crippen LogP) is 2.73. The summed E-state index contributed by atoms with van der Waals surface area (Å²) >= 11 is 5.96. The molecule has 0 saturated heterocycles. The van der Waals surface area contributed by atoms with Crippen LogP contribution in [-0.2, 0) is 13.0 Å². The fraction of sp³-hybridized carbons (Fsp3) is 0.412. The molecule has 0 aliphatic heterocycles. The first-order chi connectivity index (χ1) is 11.1. The molecule has 5 nitrogen and oxygen atoms in total. The first-order valence-electron chi connectivity index (χ1n) is 7.86. The van der Waals surface area contributed by atoms with Crippen LogP contribution in [0.25, 0.3) is 0 Å². The van der Waals surface area contributed by atoms with Crippen molar-refractivity contribution in [2.75, 3.05) is 0 Å². The molecule has 1 fully saturated rings. The monoisotopic (exact) mass is 334 g/mol. The zero-order valence-corrected chi connectivity index (χ0v) is 13.5. The number of hydrogen-bond donors (Lipinski definition) is 1. The Hall–Kier alpha value is -2.01. The minimum Gasteiger partial charge on any atom is -0.494 e. The number of benzene rings is 1. The van der Waals surface area contributed by atoms with Gasteiger partial charge in [0.05, 0.1) is 6.07 Å². The summed E-state index contributed by atoms with van der Waals surface area (Å²) in [5.74, 6) is -0.281. The lowest BCUT2D eigenvalue weighted by Gasteiger charge is -2.16. The van der Waals surface area contributed by atoms with Gasteiger partial charge in [-0.15, -0.1) is 0 Å². The van der Waals surface area contributed by atoms with Gasteiger partial charge in [-0.2, -0.15) is 0 Å². The molecule has 1 aromatic carbocycles. The Labute approximate surface area is 138 Å². The molecule has 1 aromatic heterocycles. The highest BCUT2D eigenvalue weighted by Gasteiger charge is 2.22. The van der Waals surface area contributed by atoms with Crippen molar-refractivity contribution in [3.8, 4) is 5.88 Å². The lowest BCUT2D eigenvalue weighted by Crippen LogP contribution is -2.41. The van der Waals surface area contributed by atoms with Gasteiger partial charge >= 0.3 is 5.69 Å². The maximum atomic E-state index is 12.6. The number of nitrogens with zero attached hydrogens (tertiary/aromatic N) is 2. The third-order valence-corrected chi connectivity index (χ3v) is 4.64. The molecule has 1 N–H and O–H groups in total. The quantitative estimate of drug-likeness (QED) is 0.935. The molecule has 2 aromatic rings. The first-order valence-corrected chi connectivity index (χ1v) is 8.24. The molecule has 1 aliphatic carbocycles. The van der Waals surface area contributed by atoms with Crippen molar-refractivity contribution in [2.24, 2.45) is 0 Å². The van der Waals surface area contributed by atoms with E-state index in [4.69, 9.17) is 11.6 Å². The average molecular weight is 335 g/mol. The molecule has 0 bridgehead atoms. The van der Waals surface area contributed by atoms with Gasteiger partial charge < -0.3 is 5.11 Å². The van der Waals surface area contributed by atoms with E-state index in [1.54, 1.807) is 6.07 Å². The van der Waals surface area contributed by atoms with Crippen LogP contribution in [0.3, 0.4) is 0 Å². The van der Waals surface area contributed by atoms with E-state index in [2.05, 4.69) is 0 Å². The summed E-state index contributed by atoms with van der Waals surface area (Å²) < 4.78 is 2.56. The third kappa shape index (κ3) is 3.34. The van der Waals surface area contributed by atoms with Crippen LogP contribution in [0, 0.1) is 0 Å². The predicted molar refractivity (Wildman–Crippen MR) is 89.3 cm³/mol. The van der Waals surface area contributed by atoms with Gasteiger partial charge in [0.1, 0.15) is 0 Å². The molecule has 0 radical (unpaired) electrons. The normalized spacial score (nSPS) is 15.2. The van der Waals surface area contributed by atoms with Crippen molar-refractivity contribution in [1.82, 2.24) is 9.13 Å². The van der Waals surface area contributed by atoms with Crippen LogP contribution in [0.5, 0.6) is 5.88 Å². The van der Waals surface area contributed by atoms with Gasteiger partial charge in [-0.05, 0) is 37.0 Å². The first kappa shape index (κ1) is 15.9. The highest BCUT2D eigenvalue weighted by atomic mass is 35.5. The van der Waals surface area contributed by atoms with Gasteiger partial charge in [0.2, 0.25) is 5.88 Å². The number of aromatic nitrogens is 2. The van der Waals surface area contributed by atoms with Gasteiger partial charge in [0, 0.05) is 17.6 Å². The van der Waals surface area contributed by atoms with Crippen LogP contribution in [0.15, 0.2) is 39.9 Å². The van der Waals surface area contributed by atoms with Crippen molar-refractivity contribution in [2.45, 2.75) is 44.7 Å². The Morgan fingerprint density at radius 1 is 1.17 bits per heavy atom. The molecular weight excluding hydrogens is 316 g/mol. The molecule has 0 amide bonds. The molecule has 1 heterocycles. The van der Waals surface area contributed by atoms with Crippen molar-refractivity contribution >= 4 is 11.6 Å². The van der Waals surface area contributed by atoms with Crippen molar-refractivity contribution in [3.63, 3.8) is 0 Å². The van der Waals surface area contributed by atoms with Crippen LogP contribution < -0.4 is 11.2 Å². The van der Waals surface area contributed by atoms with E-state index in [1.807, 2.05) is 18.2 Å². The molecule has 0 atom stereocenters. The van der Waals surface area contributed by atoms with Crippen LogP contribution in [-0.4, -0.2) is 14.2 Å². The Morgan fingerprint density at radius 2 is 1.91 bits per heavy atom. The van der Waals surface area contributed by atoms with E-state index in [9.17, 15) is 14.7 Å². The summed E-state index contributed by atoms with van der Waals surface area (Å²) in [5.41, 5.74) is 0.129. The number of aryl methyl sites for hydroxylation is 1. The highest BCUT2D eigenvalue weighted by molar-refractivity contribution is 6.30. The molecular formula is C17H19ClN2O3. The number of aromatic hydroxyl groups is 1. The molecule has 23 heavy (non-hydrogen) atoms. The topological polar surface area (TPSA) is 64.2 Å². The second kappa shape index (κ2) is 6.62. The van der Waals surface area contributed by atoms with Gasteiger partial charge in [0.15, 0.2) is 0 Å². The number of hydrogen-bond acceptors (Lipinski definition) is 3. The summed E-state index contributed by atoms with van der Waals surface area (Å²) in [5, 5.41) is 10.6.